The van der Waals surface area contributed by atoms with Crippen LogP contribution in [0.2, 0.25) is 0 Å². The number of imide groups is 1. The zero-order chi connectivity index (χ0) is 18.9. The van der Waals surface area contributed by atoms with Crippen molar-refractivity contribution in [1.29, 1.82) is 0 Å². The van der Waals surface area contributed by atoms with Gasteiger partial charge in [0.2, 0.25) is 5.91 Å². The number of aryl methyl sites for hydroxylation is 2. The molecule has 0 bridgehead atoms. The first-order chi connectivity index (χ1) is 12.5. The Bertz CT molecular complexity index is 767. The zero-order valence-corrected chi connectivity index (χ0v) is 15.9. The number of rotatable bonds is 8. The topological polar surface area (TPSA) is 72.5 Å². The van der Waals surface area contributed by atoms with Crippen molar-refractivity contribution in [1.82, 2.24) is 5.32 Å². The highest BCUT2D eigenvalue weighted by molar-refractivity contribution is 7.14. The summed E-state index contributed by atoms with van der Waals surface area (Å²) in [7, 11) is 0. The van der Waals surface area contributed by atoms with Gasteiger partial charge in [-0.15, -0.1) is 11.3 Å². The maximum atomic E-state index is 12.1. The van der Waals surface area contributed by atoms with Crippen LogP contribution in [0, 0.1) is 0 Å². The van der Waals surface area contributed by atoms with Crippen LogP contribution in [0.4, 0.5) is 0 Å². The van der Waals surface area contributed by atoms with E-state index in [4.69, 9.17) is 4.74 Å². The lowest BCUT2D eigenvalue weighted by Gasteiger charge is -2.05. The first-order valence-electron chi connectivity index (χ1n) is 8.68. The van der Waals surface area contributed by atoms with Crippen LogP contribution in [0.25, 0.3) is 0 Å². The van der Waals surface area contributed by atoms with Crippen LogP contribution >= 0.6 is 11.3 Å². The maximum absolute atomic E-state index is 12.1. The lowest BCUT2D eigenvalue weighted by Crippen LogP contribution is -2.35. The Morgan fingerprint density at radius 1 is 1.08 bits per heavy atom. The van der Waals surface area contributed by atoms with E-state index in [9.17, 15) is 14.4 Å². The maximum Gasteiger partial charge on any atom is 0.348 e. The van der Waals surface area contributed by atoms with E-state index >= 15 is 0 Å². The van der Waals surface area contributed by atoms with Gasteiger partial charge < -0.3 is 4.74 Å². The van der Waals surface area contributed by atoms with E-state index in [1.54, 1.807) is 12.1 Å². The van der Waals surface area contributed by atoms with Gasteiger partial charge >= 0.3 is 5.97 Å². The van der Waals surface area contributed by atoms with Gasteiger partial charge in [-0.05, 0) is 30.0 Å². The Balaban J connectivity index is 1.83. The minimum absolute atomic E-state index is 0.103. The number of benzene rings is 1. The van der Waals surface area contributed by atoms with E-state index in [-0.39, 0.29) is 6.42 Å². The molecule has 0 spiro atoms. The number of carbonyl (C=O) groups is 3. The average Bonchev–Trinajstić information content (AvgIpc) is 3.04. The molecule has 0 saturated heterocycles. The van der Waals surface area contributed by atoms with Crippen LogP contribution in [0.15, 0.2) is 36.4 Å². The van der Waals surface area contributed by atoms with E-state index in [1.165, 1.54) is 16.2 Å². The summed E-state index contributed by atoms with van der Waals surface area (Å²) in [5.41, 5.74) is 1.95. The molecule has 2 aromatic rings. The minimum atomic E-state index is -0.625. The van der Waals surface area contributed by atoms with Crippen LogP contribution < -0.4 is 5.32 Å². The fourth-order valence-corrected chi connectivity index (χ4v) is 3.77. The summed E-state index contributed by atoms with van der Waals surface area (Å²) in [5, 5.41) is 2.23. The molecule has 0 aliphatic heterocycles. The molecule has 1 aromatic heterocycles. The summed E-state index contributed by atoms with van der Waals surface area (Å²) in [6.07, 6.45) is 2.89. The van der Waals surface area contributed by atoms with Gasteiger partial charge in [0.15, 0.2) is 6.61 Å². The molecule has 2 rings (SSSR count). The molecule has 1 N–H and O–H groups in total. The quantitative estimate of drug-likeness (QED) is 0.721. The lowest BCUT2D eigenvalue weighted by molar-refractivity contribution is -0.132. The van der Waals surface area contributed by atoms with Crippen LogP contribution in [-0.2, 0) is 33.6 Å². The first-order valence-corrected chi connectivity index (χ1v) is 9.50. The second kappa shape index (κ2) is 9.87. The summed E-state index contributed by atoms with van der Waals surface area (Å²) in [5.74, 6) is -1.58. The lowest BCUT2D eigenvalue weighted by atomic mass is 10.1. The SMILES string of the molecule is CCCc1sc(C(=O)OCC(=O)NC(=O)Cc2ccccc2)cc1CC. The van der Waals surface area contributed by atoms with Gasteiger partial charge in [-0.2, -0.15) is 0 Å². The number of carbonyl (C=O) groups excluding carboxylic acids is 3. The van der Waals surface area contributed by atoms with Crippen molar-refractivity contribution in [3.63, 3.8) is 0 Å². The van der Waals surface area contributed by atoms with Crippen molar-refractivity contribution >= 4 is 29.1 Å². The number of thiophene rings is 1. The molecule has 2 amide bonds. The number of hydrogen-bond donors (Lipinski definition) is 1. The standard InChI is InChI=1S/C20H23NO4S/c1-3-8-16-15(4-2)12-17(26-16)20(24)25-13-19(23)21-18(22)11-14-9-6-5-7-10-14/h5-7,9-10,12H,3-4,8,11,13H2,1-2H3,(H,21,22,23). The van der Waals surface area contributed by atoms with E-state index in [0.717, 1.165) is 30.4 Å². The van der Waals surface area contributed by atoms with Crippen LogP contribution in [0.5, 0.6) is 0 Å². The molecule has 0 aliphatic carbocycles. The van der Waals surface area contributed by atoms with Crippen LogP contribution in [0.1, 0.15) is 45.9 Å². The molecule has 1 aromatic carbocycles. The van der Waals surface area contributed by atoms with E-state index < -0.39 is 24.4 Å². The smallest absolute Gasteiger partial charge is 0.348 e. The Morgan fingerprint density at radius 2 is 1.81 bits per heavy atom. The normalized spacial score (nSPS) is 10.4. The average molecular weight is 373 g/mol. The fraction of sp³-hybridized carbons (Fsp3) is 0.350. The largest absolute Gasteiger partial charge is 0.451 e. The molecule has 5 nitrogen and oxygen atoms in total. The van der Waals surface area contributed by atoms with Gasteiger partial charge in [-0.25, -0.2) is 4.79 Å². The number of hydrogen-bond acceptors (Lipinski definition) is 5. The summed E-state index contributed by atoms with van der Waals surface area (Å²) in [4.78, 5) is 37.4. The van der Waals surface area contributed by atoms with Crippen molar-refractivity contribution in [2.45, 2.75) is 39.5 Å². The Hall–Kier alpha value is -2.47. The van der Waals surface area contributed by atoms with Crippen LogP contribution in [0.3, 0.4) is 0 Å². The molecule has 0 atom stereocenters. The van der Waals surface area contributed by atoms with Gasteiger partial charge in [-0.1, -0.05) is 50.6 Å². The summed E-state index contributed by atoms with van der Waals surface area (Å²) < 4.78 is 5.04. The highest BCUT2D eigenvalue weighted by atomic mass is 32.1. The summed E-state index contributed by atoms with van der Waals surface area (Å²) in [6.45, 7) is 3.66. The molecule has 0 aliphatic rings. The molecule has 0 saturated carbocycles. The number of ether oxygens (including phenoxy) is 1. The fourth-order valence-electron chi connectivity index (χ4n) is 2.52. The van der Waals surface area contributed by atoms with Gasteiger partial charge in [0.1, 0.15) is 4.88 Å². The minimum Gasteiger partial charge on any atom is -0.451 e. The molecule has 26 heavy (non-hydrogen) atoms. The summed E-state index contributed by atoms with van der Waals surface area (Å²) >= 11 is 1.41. The van der Waals surface area contributed by atoms with Crippen molar-refractivity contribution in [2.24, 2.45) is 0 Å². The molecule has 0 radical (unpaired) electrons. The molecule has 1 heterocycles. The highest BCUT2D eigenvalue weighted by Crippen LogP contribution is 2.25. The molecular formula is C20H23NO4S. The Kier molecular flexibility index (Phi) is 7.53. The predicted octanol–water partition coefficient (Wildman–Crippen LogP) is 3.31. The molecular weight excluding hydrogens is 350 g/mol. The number of esters is 1. The Labute approximate surface area is 157 Å². The predicted molar refractivity (Wildman–Crippen MR) is 101 cm³/mol. The van der Waals surface area contributed by atoms with Gasteiger partial charge in [0.05, 0.1) is 6.42 Å². The van der Waals surface area contributed by atoms with Gasteiger partial charge in [-0.3, -0.25) is 14.9 Å². The van der Waals surface area contributed by atoms with E-state index in [0.29, 0.717) is 4.88 Å². The van der Waals surface area contributed by atoms with Crippen molar-refractivity contribution in [2.75, 3.05) is 6.61 Å². The molecule has 0 fully saturated rings. The van der Waals surface area contributed by atoms with Crippen molar-refractivity contribution in [3.8, 4) is 0 Å². The number of nitrogens with one attached hydrogen (secondary N) is 1. The second-order valence-corrected chi connectivity index (χ2v) is 7.01. The van der Waals surface area contributed by atoms with Gasteiger partial charge in [0, 0.05) is 4.88 Å². The molecule has 138 valence electrons. The Morgan fingerprint density at radius 3 is 2.46 bits per heavy atom. The first kappa shape index (κ1) is 19.8. The van der Waals surface area contributed by atoms with Crippen molar-refractivity contribution < 1.29 is 19.1 Å². The molecule has 6 heteroatoms. The highest BCUT2D eigenvalue weighted by Gasteiger charge is 2.17. The summed E-state index contributed by atoms with van der Waals surface area (Å²) in [6, 6.07) is 10.9. The third kappa shape index (κ3) is 5.81. The monoisotopic (exact) mass is 373 g/mol. The van der Waals surface area contributed by atoms with Crippen LogP contribution in [-0.4, -0.2) is 24.4 Å². The number of amides is 2. The molecule has 0 unspecified atom stereocenters. The zero-order valence-electron chi connectivity index (χ0n) is 15.0. The third-order valence-corrected chi connectivity index (χ3v) is 4.99. The third-order valence-electron chi connectivity index (χ3n) is 3.78. The van der Waals surface area contributed by atoms with E-state index in [1.807, 2.05) is 31.2 Å². The van der Waals surface area contributed by atoms with E-state index in [2.05, 4.69) is 12.2 Å². The van der Waals surface area contributed by atoms with Crippen molar-refractivity contribution in [3.05, 3.63) is 57.3 Å². The van der Waals surface area contributed by atoms with Gasteiger partial charge in [0.25, 0.3) is 5.91 Å². The second-order valence-electron chi connectivity index (χ2n) is 5.87.